The lowest BCUT2D eigenvalue weighted by Crippen LogP contribution is -2.32. The third-order valence-corrected chi connectivity index (χ3v) is 4.09. The number of nitrogens with two attached hydrogens (primary N) is 1. The summed E-state index contributed by atoms with van der Waals surface area (Å²) in [6.45, 7) is 0.978. The van der Waals surface area contributed by atoms with Crippen molar-refractivity contribution in [2.45, 2.75) is 12.6 Å². The Morgan fingerprint density at radius 2 is 1.70 bits per heavy atom. The molecule has 0 radical (unpaired) electrons. The van der Waals surface area contributed by atoms with E-state index in [2.05, 4.69) is 5.32 Å². The maximum atomic E-state index is 12.7. The quantitative estimate of drug-likeness (QED) is 0.649. The minimum absolute atomic E-state index is 0. The number of para-hydroxylation sites is 1. The summed E-state index contributed by atoms with van der Waals surface area (Å²) < 4.78 is 5.82. The van der Waals surface area contributed by atoms with Gasteiger partial charge in [-0.2, -0.15) is 0 Å². The van der Waals surface area contributed by atoms with Gasteiger partial charge >= 0.3 is 0 Å². The highest BCUT2D eigenvalue weighted by atomic mass is 35.5. The standard InChI is InChI=1S/C20H23N3O2.2ClH/c1-23(2)13-16-15-10-6-7-11-18(15)25-19(16)20(24)22-12-17(21)14-8-4-3-5-9-14;;/h3-11,17H,12-13,21H2,1-2H3,(H,22,24);2*1H. The summed E-state index contributed by atoms with van der Waals surface area (Å²) in [4.78, 5) is 14.7. The third kappa shape index (κ3) is 5.47. The fourth-order valence-corrected chi connectivity index (χ4v) is 2.86. The lowest BCUT2D eigenvalue weighted by Gasteiger charge is -2.14. The summed E-state index contributed by atoms with van der Waals surface area (Å²) in [6.07, 6.45) is 0. The zero-order valence-corrected chi connectivity index (χ0v) is 17.0. The number of hydrogen-bond acceptors (Lipinski definition) is 4. The van der Waals surface area contributed by atoms with Gasteiger partial charge in [-0.3, -0.25) is 4.79 Å². The highest BCUT2D eigenvalue weighted by molar-refractivity contribution is 5.99. The van der Waals surface area contributed by atoms with Gasteiger partial charge in [-0.25, -0.2) is 0 Å². The van der Waals surface area contributed by atoms with Crippen LogP contribution in [0.15, 0.2) is 59.0 Å². The number of benzene rings is 2. The first-order valence-corrected chi connectivity index (χ1v) is 8.30. The van der Waals surface area contributed by atoms with Gasteiger partial charge in [0.1, 0.15) is 5.58 Å². The van der Waals surface area contributed by atoms with Crippen LogP contribution in [-0.2, 0) is 6.54 Å². The largest absolute Gasteiger partial charge is 0.451 e. The van der Waals surface area contributed by atoms with Gasteiger partial charge in [0.15, 0.2) is 5.76 Å². The molecule has 0 spiro atoms. The number of carbonyl (C=O) groups excluding carboxylic acids is 1. The smallest absolute Gasteiger partial charge is 0.287 e. The molecule has 3 N–H and O–H groups in total. The van der Waals surface area contributed by atoms with E-state index in [1.54, 1.807) is 0 Å². The molecular formula is C20H25Cl2N3O2. The average Bonchev–Trinajstić information content (AvgIpc) is 2.98. The first-order valence-electron chi connectivity index (χ1n) is 8.30. The van der Waals surface area contributed by atoms with Crippen LogP contribution in [0.2, 0.25) is 0 Å². The molecule has 1 amide bonds. The van der Waals surface area contributed by atoms with Crippen molar-refractivity contribution in [3.8, 4) is 0 Å². The maximum Gasteiger partial charge on any atom is 0.287 e. The van der Waals surface area contributed by atoms with Crippen LogP contribution in [-0.4, -0.2) is 31.4 Å². The van der Waals surface area contributed by atoms with Crippen LogP contribution in [0.5, 0.6) is 0 Å². The molecular weight excluding hydrogens is 385 g/mol. The highest BCUT2D eigenvalue weighted by Gasteiger charge is 2.21. The number of hydrogen-bond donors (Lipinski definition) is 2. The Kier molecular flexibility index (Phi) is 8.79. The van der Waals surface area contributed by atoms with Gasteiger partial charge in [0.05, 0.1) is 0 Å². The molecule has 2 aromatic carbocycles. The van der Waals surface area contributed by atoms with Gasteiger partial charge in [-0.1, -0.05) is 48.5 Å². The molecule has 0 aliphatic rings. The normalized spacial score (nSPS) is 11.6. The summed E-state index contributed by atoms with van der Waals surface area (Å²) >= 11 is 0. The van der Waals surface area contributed by atoms with Crippen LogP contribution in [0.4, 0.5) is 0 Å². The number of amides is 1. The monoisotopic (exact) mass is 409 g/mol. The highest BCUT2D eigenvalue weighted by Crippen LogP contribution is 2.26. The summed E-state index contributed by atoms with van der Waals surface area (Å²) in [5, 5.41) is 3.86. The second kappa shape index (κ2) is 10.3. The molecule has 0 bridgehead atoms. The van der Waals surface area contributed by atoms with Crippen LogP contribution in [0.1, 0.15) is 27.7 Å². The van der Waals surface area contributed by atoms with Gasteiger partial charge < -0.3 is 20.4 Å². The van der Waals surface area contributed by atoms with Crippen LogP contribution >= 0.6 is 24.8 Å². The fourth-order valence-electron chi connectivity index (χ4n) is 2.86. The molecule has 27 heavy (non-hydrogen) atoms. The summed E-state index contributed by atoms with van der Waals surface area (Å²) in [5.41, 5.74) is 8.76. The molecule has 1 atom stereocenters. The fraction of sp³-hybridized carbons (Fsp3) is 0.250. The maximum absolute atomic E-state index is 12.7. The van der Waals surface area contributed by atoms with E-state index in [9.17, 15) is 4.79 Å². The molecule has 0 aliphatic heterocycles. The Balaban J connectivity index is 0.00000182. The number of halogens is 2. The van der Waals surface area contributed by atoms with Crippen LogP contribution in [0.25, 0.3) is 11.0 Å². The summed E-state index contributed by atoms with van der Waals surface area (Å²) in [7, 11) is 3.93. The van der Waals surface area contributed by atoms with Crippen molar-refractivity contribution in [3.05, 3.63) is 71.5 Å². The van der Waals surface area contributed by atoms with Gasteiger partial charge in [-0.05, 0) is 25.7 Å². The van der Waals surface area contributed by atoms with Crippen molar-refractivity contribution in [1.29, 1.82) is 0 Å². The molecule has 146 valence electrons. The number of rotatable bonds is 6. The lowest BCUT2D eigenvalue weighted by atomic mass is 10.1. The Morgan fingerprint density at radius 3 is 2.37 bits per heavy atom. The van der Waals surface area contributed by atoms with E-state index < -0.39 is 0 Å². The van der Waals surface area contributed by atoms with Crippen LogP contribution in [0, 0.1) is 0 Å². The lowest BCUT2D eigenvalue weighted by molar-refractivity contribution is 0.0923. The summed E-state index contributed by atoms with van der Waals surface area (Å²) in [6, 6.07) is 17.2. The molecule has 5 nitrogen and oxygen atoms in total. The predicted molar refractivity (Wildman–Crippen MR) is 114 cm³/mol. The van der Waals surface area contributed by atoms with Crippen molar-refractivity contribution < 1.29 is 9.21 Å². The minimum atomic E-state index is -0.258. The molecule has 1 heterocycles. The van der Waals surface area contributed by atoms with Gasteiger partial charge in [0, 0.05) is 30.1 Å². The Hall–Kier alpha value is -2.05. The van der Waals surface area contributed by atoms with Crippen molar-refractivity contribution in [2.75, 3.05) is 20.6 Å². The predicted octanol–water partition coefficient (Wildman–Crippen LogP) is 3.77. The first kappa shape index (κ1) is 23.0. The molecule has 0 saturated carbocycles. The summed E-state index contributed by atoms with van der Waals surface area (Å²) in [5.74, 6) is 0.120. The zero-order valence-electron chi connectivity index (χ0n) is 15.3. The van der Waals surface area contributed by atoms with Crippen molar-refractivity contribution in [1.82, 2.24) is 10.2 Å². The zero-order chi connectivity index (χ0) is 17.8. The van der Waals surface area contributed by atoms with Crippen molar-refractivity contribution in [3.63, 3.8) is 0 Å². The van der Waals surface area contributed by atoms with E-state index in [4.69, 9.17) is 10.2 Å². The molecule has 0 aliphatic carbocycles. The van der Waals surface area contributed by atoms with Crippen molar-refractivity contribution >= 4 is 41.7 Å². The molecule has 1 unspecified atom stereocenters. The molecule has 3 aromatic rings. The van der Waals surface area contributed by atoms with E-state index in [-0.39, 0.29) is 36.8 Å². The second-order valence-electron chi connectivity index (χ2n) is 6.37. The number of carbonyl (C=O) groups is 1. The molecule has 1 aromatic heterocycles. The SMILES string of the molecule is CN(C)Cc1c(C(=O)NCC(N)c2ccccc2)oc2ccccc12.Cl.Cl. The Bertz CT molecular complexity index is 866. The Labute approximate surface area is 171 Å². The average molecular weight is 410 g/mol. The third-order valence-electron chi connectivity index (χ3n) is 4.09. The van der Waals surface area contributed by atoms with E-state index in [0.29, 0.717) is 18.8 Å². The van der Waals surface area contributed by atoms with Crippen LogP contribution < -0.4 is 11.1 Å². The van der Waals surface area contributed by atoms with E-state index in [1.165, 1.54) is 0 Å². The van der Waals surface area contributed by atoms with Gasteiger partial charge in [-0.15, -0.1) is 24.8 Å². The van der Waals surface area contributed by atoms with Crippen molar-refractivity contribution in [2.24, 2.45) is 5.73 Å². The molecule has 0 fully saturated rings. The first-order chi connectivity index (χ1) is 12.1. The topological polar surface area (TPSA) is 71.5 Å². The Morgan fingerprint density at radius 1 is 1.07 bits per heavy atom. The molecule has 0 saturated heterocycles. The van der Waals surface area contributed by atoms with Crippen LogP contribution in [0.3, 0.4) is 0 Å². The van der Waals surface area contributed by atoms with E-state index >= 15 is 0 Å². The van der Waals surface area contributed by atoms with Gasteiger partial charge in [0.25, 0.3) is 5.91 Å². The molecule has 7 heteroatoms. The number of furan rings is 1. The second-order valence-corrected chi connectivity index (χ2v) is 6.37. The number of nitrogens with one attached hydrogen (secondary N) is 1. The molecule has 3 rings (SSSR count). The number of nitrogens with zero attached hydrogens (tertiary/aromatic N) is 1. The van der Waals surface area contributed by atoms with E-state index in [0.717, 1.165) is 22.1 Å². The number of fused-ring (bicyclic) bond motifs is 1. The van der Waals surface area contributed by atoms with Gasteiger partial charge in [0.2, 0.25) is 0 Å². The van der Waals surface area contributed by atoms with E-state index in [1.807, 2.05) is 73.6 Å². The minimum Gasteiger partial charge on any atom is -0.451 e.